The Bertz CT molecular complexity index is 460. The lowest BCUT2D eigenvalue weighted by atomic mass is 10.1. The maximum atomic E-state index is 11.5. The normalized spacial score (nSPS) is 11.4. The summed E-state index contributed by atoms with van der Waals surface area (Å²) >= 11 is 0. The lowest BCUT2D eigenvalue weighted by Gasteiger charge is -2.08. The third kappa shape index (κ3) is 1.97. The van der Waals surface area contributed by atoms with Gasteiger partial charge in [0, 0.05) is 23.6 Å². The van der Waals surface area contributed by atoms with E-state index in [4.69, 9.17) is 0 Å². The topological polar surface area (TPSA) is 31.2 Å². The summed E-state index contributed by atoms with van der Waals surface area (Å²) in [7, 11) is 4.08. The van der Waals surface area contributed by atoms with Crippen molar-refractivity contribution in [3.8, 4) is 0 Å². The van der Waals surface area contributed by atoms with Crippen molar-refractivity contribution in [3.05, 3.63) is 41.2 Å². The van der Waals surface area contributed by atoms with Crippen molar-refractivity contribution >= 4 is 10.9 Å². The zero-order chi connectivity index (χ0) is 10.8. The molecule has 1 aromatic carbocycles. The number of fused-ring (bicyclic) bond motifs is 1. The Hall–Kier alpha value is -1.48. The maximum Gasteiger partial charge on any atom is 0.0435 e. The predicted molar refractivity (Wildman–Crippen MR) is 63.0 cm³/mol. The van der Waals surface area contributed by atoms with Gasteiger partial charge in [-0.15, -0.1) is 0 Å². The molecular formula is C12H15N2O-. The summed E-state index contributed by atoms with van der Waals surface area (Å²) in [5, 5.41) is 12.6. The quantitative estimate of drug-likeness (QED) is 0.764. The van der Waals surface area contributed by atoms with E-state index in [0.717, 1.165) is 34.2 Å². The van der Waals surface area contributed by atoms with E-state index in [1.165, 1.54) is 0 Å². The van der Waals surface area contributed by atoms with E-state index in [1.807, 2.05) is 38.4 Å². The molecule has 0 saturated carbocycles. The number of hydrogen-bond donors (Lipinski definition) is 0. The molecule has 2 aromatic rings. The van der Waals surface area contributed by atoms with Crippen molar-refractivity contribution in [2.24, 2.45) is 0 Å². The molecule has 2 rings (SSSR count). The van der Waals surface area contributed by atoms with Gasteiger partial charge in [-0.2, -0.15) is 0 Å². The number of aromatic nitrogens is 1. The minimum absolute atomic E-state index is 0.770. The van der Waals surface area contributed by atoms with Crippen LogP contribution in [0.4, 0.5) is 0 Å². The first kappa shape index (κ1) is 10.1. The van der Waals surface area contributed by atoms with Crippen LogP contribution in [0.25, 0.3) is 10.9 Å². The number of benzene rings is 1. The molecule has 0 saturated heterocycles. The van der Waals surface area contributed by atoms with Gasteiger partial charge in [0.1, 0.15) is 0 Å². The first-order valence-electron chi connectivity index (χ1n) is 5.09. The van der Waals surface area contributed by atoms with Gasteiger partial charge in [-0.1, -0.05) is 18.2 Å². The van der Waals surface area contributed by atoms with E-state index in [-0.39, 0.29) is 0 Å². The number of likely N-dealkylation sites (N-methyl/N-ethyl adjacent to an activating group) is 1. The van der Waals surface area contributed by atoms with Crippen LogP contribution in [-0.2, 0) is 6.42 Å². The van der Waals surface area contributed by atoms with Gasteiger partial charge in [-0.05, 0) is 32.1 Å². The average molecular weight is 203 g/mol. The zero-order valence-corrected chi connectivity index (χ0v) is 9.10. The summed E-state index contributed by atoms with van der Waals surface area (Å²) in [6.07, 6.45) is 2.61. The van der Waals surface area contributed by atoms with Crippen molar-refractivity contribution in [1.82, 2.24) is 9.63 Å². The fourth-order valence-electron chi connectivity index (χ4n) is 1.76. The van der Waals surface area contributed by atoms with E-state index in [1.54, 1.807) is 6.20 Å². The monoisotopic (exact) mass is 203 g/mol. The Morgan fingerprint density at radius 3 is 2.73 bits per heavy atom. The van der Waals surface area contributed by atoms with E-state index >= 15 is 0 Å². The van der Waals surface area contributed by atoms with Crippen molar-refractivity contribution in [3.63, 3.8) is 0 Å². The second-order valence-corrected chi connectivity index (χ2v) is 4.05. The van der Waals surface area contributed by atoms with Gasteiger partial charge in [0.2, 0.25) is 0 Å². The summed E-state index contributed by atoms with van der Waals surface area (Å²) in [4.78, 5) is 2.12. The molecule has 0 aliphatic heterocycles. The number of para-hydroxylation sites is 1. The Morgan fingerprint density at radius 1 is 1.27 bits per heavy atom. The van der Waals surface area contributed by atoms with Crippen molar-refractivity contribution in [1.29, 1.82) is 0 Å². The minimum atomic E-state index is 0.770. The minimum Gasteiger partial charge on any atom is -0.806 e. The van der Waals surface area contributed by atoms with Crippen LogP contribution in [0.3, 0.4) is 0 Å². The summed E-state index contributed by atoms with van der Waals surface area (Å²) < 4.78 is 0.959. The van der Waals surface area contributed by atoms with Crippen LogP contribution in [0, 0.1) is 5.21 Å². The van der Waals surface area contributed by atoms with Crippen molar-refractivity contribution in [2.75, 3.05) is 20.6 Å². The van der Waals surface area contributed by atoms with E-state index in [2.05, 4.69) is 4.90 Å². The van der Waals surface area contributed by atoms with Gasteiger partial charge >= 0.3 is 0 Å². The van der Waals surface area contributed by atoms with Gasteiger partial charge < -0.3 is 14.8 Å². The largest absolute Gasteiger partial charge is 0.806 e. The lowest BCUT2D eigenvalue weighted by Crippen LogP contribution is -2.14. The van der Waals surface area contributed by atoms with Gasteiger partial charge in [-0.3, -0.25) is 0 Å². The van der Waals surface area contributed by atoms with Crippen LogP contribution in [-0.4, -0.2) is 30.3 Å². The van der Waals surface area contributed by atoms with Gasteiger partial charge in [0.05, 0.1) is 0 Å². The fraction of sp³-hybridized carbons (Fsp3) is 0.333. The molecule has 1 heterocycles. The predicted octanol–water partition coefficient (Wildman–Crippen LogP) is 2.09. The van der Waals surface area contributed by atoms with Gasteiger partial charge in [0.25, 0.3) is 0 Å². The molecule has 0 fully saturated rings. The molecular weight excluding hydrogens is 188 g/mol. The number of hydrogen-bond acceptors (Lipinski definition) is 2. The highest BCUT2D eigenvalue weighted by Gasteiger charge is 2.03. The maximum absolute atomic E-state index is 11.5. The summed E-state index contributed by atoms with van der Waals surface area (Å²) in [6.45, 7) is 0.966. The smallest absolute Gasteiger partial charge is 0.0435 e. The molecule has 0 spiro atoms. The molecule has 15 heavy (non-hydrogen) atoms. The Labute approximate surface area is 89.5 Å². The highest BCUT2D eigenvalue weighted by atomic mass is 16.5. The Morgan fingerprint density at radius 2 is 2.00 bits per heavy atom. The van der Waals surface area contributed by atoms with E-state index in [0.29, 0.717) is 0 Å². The SMILES string of the molecule is CN(C)CCc1cn([O-])c2ccccc12. The zero-order valence-electron chi connectivity index (χ0n) is 9.10. The van der Waals surface area contributed by atoms with Crippen LogP contribution in [0.1, 0.15) is 5.56 Å². The molecule has 3 nitrogen and oxygen atoms in total. The van der Waals surface area contributed by atoms with Crippen molar-refractivity contribution in [2.45, 2.75) is 6.42 Å². The number of rotatable bonds is 3. The molecule has 0 aliphatic carbocycles. The summed E-state index contributed by atoms with van der Waals surface area (Å²) in [5.41, 5.74) is 1.90. The van der Waals surface area contributed by atoms with Crippen molar-refractivity contribution < 1.29 is 0 Å². The molecule has 0 atom stereocenters. The van der Waals surface area contributed by atoms with Crippen LogP contribution in [0.15, 0.2) is 30.5 Å². The molecule has 3 heteroatoms. The highest BCUT2D eigenvalue weighted by molar-refractivity contribution is 5.84. The van der Waals surface area contributed by atoms with Crippen LogP contribution >= 0.6 is 0 Å². The molecule has 0 radical (unpaired) electrons. The lowest BCUT2D eigenvalue weighted by molar-refractivity contribution is 0.414. The second-order valence-electron chi connectivity index (χ2n) is 4.05. The molecule has 0 N–H and O–H groups in total. The highest BCUT2D eigenvalue weighted by Crippen LogP contribution is 2.20. The summed E-state index contributed by atoms with van der Waals surface area (Å²) in [6, 6.07) is 7.74. The Balaban J connectivity index is 2.35. The number of nitrogens with zero attached hydrogens (tertiary/aromatic N) is 2. The fourth-order valence-corrected chi connectivity index (χ4v) is 1.76. The first-order valence-corrected chi connectivity index (χ1v) is 5.09. The van der Waals surface area contributed by atoms with Crippen LogP contribution < -0.4 is 0 Å². The van der Waals surface area contributed by atoms with Crippen LogP contribution in [0.2, 0.25) is 0 Å². The molecule has 0 unspecified atom stereocenters. The van der Waals surface area contributed by atoms with E-state index < -0.39 is 0 Å². The molecule has 80 valence electrons. The average Bonchev–Trinajstić information content (AvgIpc) is 2.54. The molecule has 0 amide bonds. The van der Waals surface area contributed by atoms with Crippen LogP contribution in [0.5, 0.6) is 0 Å². The summed E-state index contributed by atoms with van der Waals surface area (Å²) in [5.74, 6) is 0. The second kappa shape index (κ2) is 3.95. The third-order valence-electron chi connectivity index (χ3n) is 2.59. The molecule has 0 bridgehead atoms. The molecule has 1 aromatic heterocycles. The van der Waals surface area contributed by atoms with E-state index in [9.17, 15) is 5.21 Å². The third-order valence-corrected chi connectivity index (χ3v) is 2.59. The molecule has 0 aliphatic rings. The standard InChI is InChI=1S/C12H15N2O/c1-13(2)8-7-10-9-14(15)12-6-4-3-5-11(10)12/h3-6,9H,7-8H2,1-2H3/q-1. The van der Waals surface area contributed by atoms with Gasteiger partial charge in [-0.25, -0.2) is 0 Å². The van der Waals surface area contributed by atoms with Gasteiger partial charge in [0.15, 0.2) is 0 Å². The first-order chi connectivity index (χ1) is 7.18. The Kier molecular flexibility index (Phi) is 2.64.